The Hall–Kier alpha value is -1.84. The van der Waals surface area contributed by atoms with E-state index in [1.807, 2.05) is 11.0 Å². The third kappa shape index (κ3) is 3.00. The number of nitrogens with zero attached hydrogens (tertiary/aromatic N) is 1. The number of anilines is 1. The fraction of sp³-hybridized carbons (Fsp3) is 0.500. The van der Waals surface area contributed by atoms with Gasteiger partial charge in [0.05, 0.1) is 12.7 Å². The summed E-state index contributed by atoms with van der Waals surface area (Å²) in [6, 6.07) is 5.48. The molecule has 0 atom stereocenters. The largest absolute Gasteiger partial charge is 0.465 e. The Morgan fingerprint density at radius 2 is 2.10 bits per heavy atom. The summed E-state index contributed by atoms with van der Waals surface area (Å²) < 4.78 is 4.75. The van der Waals surface area contributed by atoms with Gasteiger partial charge >= 0.3 is 5.97 Å². The maximum absolute atomic E-state index is 12.1. The number of hydrogen-bond donors (Lipinski definition) is 0. The quantitative estimate of drug-likeness (QED) is 0.613. The standard InChI is InChI=1S/C16H21NO3/c1-3-4-5-10-17-14-11-13(16(19)20-2)7-6-12(14)8-9-15(17)18/h6-7,11H,3-5,8-10H2,1-2H3. The van der Waals surface area contributed by atoms with Crippen LogP contribution in [-0.2, 0) is 16.0 Å². The molecule has 0 unspecified atom stereocenters. The molecule has 0 aliphatic carbocycles. The van der Waals surface area contributed by atoms with Gasteiger partial charge in [0.2, 0.25) is 5.91 Å². The molecule has 20 heavy (non-hydrogen) atoms. The van der Waals surface area contributed by atoms with E-state index in [-0.39, 0.29) is 11.9 Å². The molecule has 1 amide bonds. The molecule has 1 aliphatic heterocycles. The van der Waals surface area contributed by atoms with Crippen LogP contribution in [0.3, 0.4) is 0 Å². The summed E-state index contributed by atoms with van der Waals surface area (Å²) in [6.45, 7) is 2.87. The summed E-state index contributed by atoms with van der Waals surface area (Å²) in [5.41, 5.74) is 2.51. The lowest BCUT2D eigenvalue weighted by Gasteiger charge is -2.29. The molecule has 0 saturated heterocycles. The zero-order chi connectivity index (χ0) is 14.5. The number of fused-ring (bicyclic) bond motifs is 1. The van der Waals surface area contributed by atoms with Crippen LogP contribution in [0, 0.1) is 0 Å². The van der Waals surface area contributed by atoms with E-state index in [9.17, 15) is 9.59 Å². The van der Waals surface area contributed by atoms with Crippen molar-refractivity contribution < 1.29 is 14.3 Å². The first kappa shape index (κ1) is 14.6. The van der Waals surface area contributed by atoms with Crippen molar-refractivity contribution in [1.82, 2.24) is 0 Å². The highest BCUT2D eigenvalue weighted by atomic mass is 16.5. The number of carbonyl (C=O) groups is 2. The average Bonchev–Trinajstić information content (AvgIpc) is 2.48. The van der Waals surface area contributed by atoms with Crippen LogP contribution in [0.1, 0.15) is 48.5 Å². The van der Waals surface area contributed by atoms with E-state index in [0.717, 1.165) is 43.5 Å². The monoisotopic (exact) mass is 275 g/mol. The van der Waals surface area contributed by atoms with Crippen LogP contribution in [0.4, 0.5) is 5.69 Å². The van der Waals surface area contributed by atoms with Gasteiger partial charge in [-0.15, -0.1) is 0 Å². The Labute approximate surface area is 119 Å². The molecule has 1 aromatic rings. The molecule has 1 aliphatic rings. The van der Waals surface area contributed by atoms with Crippen LogP contribution in [0.25, 0.3) is 0 Å². The minimum Gasteiger partial charge on any atom is -0.465 e. The molecule has 0 fully saturated rings. The van der Waals surface area contributed by atoms with Gasteiger partial charge in [-0.2, -0.15) is 0 Å². The Kier molecular flexibility index (Phi) is 4.77. The summed E-state index contributed by atoms with van der Waals surface area (Å²) in [5.74, 6) is -0.213. The molecule has 108 valence electrons. The Balaban J connectivity index is 2.27. The Bertz CT molecular complexity index is 510. The average molecular weight is 275 g/mol. The fourth-order valence-electron chi connectivity index (χ4n) is 2.55. The summed E-state index contributed by atoms with van der Waals surface area (Å²) >= 11 is 0. The van der Waals surface area contributed by atoms with Gasteiger partial charge in [-0.1, -0.05) is 25.8 Å². The smallest absolute Gasteiger partial charge is 0.337 e. The molecule has 1 heterocycles. The van der Waals surface area contributed by atoms with Crippen molar-refractivity contribution in [1.29, 1.82) is 0 Å². The summed E-state index contributed by atoms with van der Waals surface area (Å²) in [6.07, 6.45) is 4.52. The second-order valence-electron chi connectivity index (χ2n) is 5.09. The number of benzene rings is 1. The second-order valence-corrected chi connectivity index (χ2v) is 5.09. The minimum absolute atomic E-state index is 0.149. The number of amides is 1. The predicted molar refractivity (Wildman–Crippen MR) is 78.0 cm³/mol. The molecule has 0 radical (unpaired) electrons. The van der Waals surface area contributed by atoms with Gasteiger partial charge in [-0.05, 0) is 30.5 Å². The van der Waals surface area contributed by atoms with Crippen LogP contribution in [0.2, 0.25) is 0 Å². The third-order valence-electron chi connectivity index (χ3n) is 3.69. The predicted octanol–water partition coefficient (Wildman–Crippen LogP) is 2.94. The highest BCUT2D eigenvalue weighted by molar-refractivity contribution is 5.98. The molecule has 1 aromatic carbocycles. The van der Waals surface area contributed by atoms with E-state index >= 15 is 0 Å². The molecule has 4 nitrogen and oxygen atoms in total. The lowest BCUT2D eigenvalue weighted by molar-refractivity contribution is -0.118. The zero-order valence-electron chi connectivity index (χ0n) is 12.1. The number of aryl methyl sites for hydroxylation is 1. The Morgan fingerprint density at radius 3 is 2.80 bits per heavy atom. The van der Waals surface area contributed by atoms with Crippen LogP contribution in [0.5, 0.6) is 0 Å². The van der Waals surface area contributed by atoms with Crippen LogP contribution < -0.4 is 4.90 Å². The molecule has 0 spiro atoms. The molecule has 0 aromatic heterocycles. The summed E-state index contributed by atoms with van der Waals surface area (Å²) in [4.78, 5) is 25.6. The lowest BCUT2D eigenvalue weighted by atomic mass is 9.98. The van der Waals surface area contributed by atoms with Gasteiger partial charge in [0.15, 0.2) is 0 Å². The van der Waals surface area contributed by atoms with E-state index in [0.29, 0.717) is 12.0 Å². The van der Waals surface area contributed by atoms with E-state index in [4.69, 9.17) is 4.74 Å². The first-order valence-corrected chi connectivity index (χ1v) is 7.19. The van der Waals surface area contributed by atoms with Crippen LogP contribution in [0.15, 0.2) is 18.2 Å². The number of rotatable bonds is 5. The van der Waals surface area contributed by atoms with Gasteiger partial charge in [0.25, 0.3) is 0 Å². The first-order valence-electron chi connectivity index (χ1n) is 7.19. The van der Waals surface area contributed by atoms with Gasteiger partial charge in [0, 0.05) is 18.7 Å². The number of methoxy groups -OCH3 is 1. The first-order chi connectivity index (χ1) is 9.67. The minimum atomic E-state index is -0.362. The number of esters is 1. The highest BCUT2D eigenvalue weighted by Gasteiger charge is 2.24. The molecular weight excluding hydrogens is 254 g/mol. The summed E-state index contributed by atoms with van der Waals surface area (Å²) in [5, 5.41) is 0. The van der Waals surface area contributed by atoms with Gasteiger partial charge < -0.3 is 9.64 Å². The lowest BCUT2D eigenvalue weighted by Crippen LogP contribution is -2.36. The second kappa shape index (κ2) is 6.55. The number of unbranched alkanes of at least 4 members (excludes halogenated alkanes) is 2. The number of ether oxygens (including phenoxy) is 1. The highest BCUT2D eigenvalue weighted by Crippen LogP contribution is 2.29. The molecule has 0 N–H and O–H groups in total. The fourth-order valence-corrected chi connectivity index (χ4v) is 2.55. The molecule has 0 saturated carbocycles. The van der Waals surface area contributed by atoms with E-state index < -0.39 is 0 Å². The van der Waals surface area contributed by atoms with E-state index in [2.05, 4.69) is 6.92 Å². The maximum atomic E-state index is 12.1. The van der Waals surface area contributed by atoms with Crippen molar-refractivity contribution in [3.63, 3.8) is 0 Å². The zero-order valence-corrected chi connectivity index (χ0v) is 12.1. The van der Waals surface area contributed by atoms with E-state index in [1.54, 1.807) is 12.1 Å². The molecule has 2 rings (SSSR count). The van der Waals surface area contributed by atoms with Gasteiger partial charge in [-0.3, -0.25) is 4.79 Å². The van der Waals surface area contributed by atoms with Crippen molar-refractivity contribution in [2.45, 2.75) is 39.0 Å². The van der Waals surface area contributed by atoms with Crippen molar-refractivity contribution in [2.24, 2.45) is 0 Å². The van der Waals surface area contributed by atoms with E-state index in [1.165, 1.54) is 7.11 Å². The van der Waals surface area contributed by atoms with Crippen molar-refractivity contribution >= 4 is 17.6 Å². The van der Waals surface area contributed by atoms with Gasteiger partial charge in [0.1, 0.15) is 0 Å². The topological polar surface area (TPSA) is 46.6 Å². The SMILES string of the molecule is CCCCCN1C(=O)CCc2ccc(C(=O)OC)cc21. The van der Waals surface area contributed by atoms with Crippen LogP contribution >= 0.6 is 0 Å². The molecule has 0 bridgehead atoms. The van der Waals surface area contributed by atoms with Crippen molar-refractivity contribution in [3.05, 3.63) is 29.3 Å². The van der Waals surface area contributed by atoms with Crippen LogP contribution in [-0.4, -0.2) is 25.5 Å². The third-order valence-corrected chi connectivity index (χ3v) is 3.69. The molecular formula is C16H21NO3. The van der Waals surface area contributed by atoms with Crippen molar-refractivity contribution in [3.8, 4) is 0 Å². The number of carbonyl (C=O) groups excluding carboxylic acids is 2. The Morgan fingerprint density at radius 1 is 1.30 bits per heavy atom. The number of hydrogen-bond acceptors (Lipinski definition) is 3. The maximum Gasteiger partial charge on any atom is 0.337 e. The summed E-state index contributed by atoms with van der Waals surface area (Å²) in [7, 11) is 1.37. The van der Waals surface area contributed by atoms with Crippen molar-refractivity contribution in [2.75, 3.05) is 18.6 Å². The normalized spacial score (nSPS) is 14.1. The molecule has 4 heteroatoms. The van der Waals surface area contributed by atoms with Gasteiger partial charge in [-0.25, -0.2) is 4.79 Å².